The summed E-state index contributed by atoms with van der Waals surface area (Å²) in [6.07, 6.45) is 0.639. The summed E-state index contributed by atoms with van der Waals surface area (Å²) < 4.78 is 8.24. The zero-order chi connectivity index (χ0) is 20.8. The van der Waals surface area contributed by atoms with Crippen molar-refractivity contribution in [3.8, 4) is 17.3 Å². The quantitative estimate of drug-likeness (QED) is 0.563. The van der Waals surface area contributed by atoms with Crippen molar-refractivity contribution in [3.05, 3.63) is 71.4 Å². The molecule has 0 saturated carbocycles. The van der Waals surface area contributed by atoms with Crippen LogP contribution in [0.2, 0.25) is 0 Å². The van der Waals surface area contributed by atoms with Gasteiger partial charge >= 0.3 is 0 Å². The third-order valence-corrected chi connectivity index (χ3v) is 4.82. The van der Waals surface area contributed by atoms with Gasteiger partial charge in [-0.1, -0.05) is 42.8 Å². The molecule has 5 heteroatoms. The highest BCUT2D eigenvalue weighted by Crippen LogP contribution is 2.31. The lowest BCUT2D eigenvalue weighted by Gasteiger charge is -2.23. The van der Waals surface area contributed by atoms with E-state index in [0.29, 0.717) is 13.1 Å². The van der Waals surface area contributed by atoms with Crippen molar-refractivity contribution in [1.82, 2.24) is 14.7 Å². The van der Waals surface area contributed by atoms with Crippen LogP contribution in [0.1, 0.15) is 37.1 Å². The number of nitrogens with zero attached hydrogens (tertiary/aromatic N) is 3. The largest absolute Gasteiger partial charge is 0.439 e. The fraction of sp³-hybridized carbons (Fsp3) is 0.375. The molecule has 1 aromatic heterocycles. The molecule has 0 aliphatic rings. The van der Waals surface area contributed by atoms with E-state index in [9.17, 15) is 5.11 Å². The molecule has 1 heterocycles. The molecule has 3 rings (SSSR count). The molecule has 29 heavy (non-hydrogen) atoms. The van der Waals surface area contributed by atoms with E-state index in [1.807, 2.05) is 73.1 Å². The topological polar surface area (TPSA) is 50.5 Å². The van der Waals surface area contributed by atoms with Gasteiger partial charge in [-0.15, -0.1) is 0 Å². The molecule has 0 unspecified atom stereocenters. The average Bonchev–Trinajstić information content (AvgIpc) is 3.00. The van der Waals surface area contributed by atoms with Crippen molar-refractivity contribution < 1.29 is 9.84 Å². The molecular formula is C24H31N3O2. The van der Waals surface area contributed by atoms with Crippen molar-refractivity contribution >= 4 is 0 Å². The van der Waals surface area contributed by atoms with Gasteiger partial charge in [0.05, 0.1) is 23.0 Å². The maximum atomic E-state index is 9.92. The number of ether oxygens (including phenoxy) is 1. The molecular weight excluding hydrogens is 362 g/mol. The zero-order valence-electron chi connectivity index (χ0n) is 17.8. The van der Waals surface area contributed by atoms with E-state index in [-0.39, 0.29) is 6.10 Å². The fourth-order valence-electron chi connectivity index (χ4n) is 3.44. The number of rotatable bonds is 9. The SMILES string of the molecule is CCCN(Cc1c(C)nn(-c2ccccc2)c1Oc1ccc(C)cc1)C[C@H](C)O. The van der Waals surface area contributed by atoms with Crippen LogP contribution in [0.4, 0.5) is 0 Å². The molecule has 3 aromatic rings. The Balaban J connectivity index is 2.01. The molecule has 1 N–H and O–H groups in total. The Hall–Kier alpha value is -2.63. The van der Waals surface area contributed by atoms with E-state index in [2.05, 4.69) is 18.7 Å². The lowest BCUT2D eigenvalue weighted by atomic mass is 10.2. The monoisotopic (exact) mass is 393 g/mol. The molecule has 0 saturated heterocycles. The number of benzene rings is 2. The van der Waals surface area contributed by atoms with E-state index in [0.717, 1.165) is 41.5 Å². The Morgan fingerprint density at radius 1 is 1.07 bits per heavy atom. The van der Waals surface area contributed by atoms with Crippen molar-refractivity contribution in [3.63, 3.8) is 0 Å². The first-order valence-corrected chi connectivity index (χ1v) is 10.3. The number of aliphatic hydroxyl groups excluding tert-OH is 1. The molecule has 0 bridgehead atoms. The van der Waals surface area contributed by atoms with E-state index in [1.165, 1.54) is 5.56 Å². The molecule has 2 aromatic carbocycles. The maximum absolute atomic E-state index is 9.92. The molecule has 1 atom stereocenters. The molecule has 0 radical (unpaired) electrons. The molecule has 0 aliphatic carbocycles. The van der Waals surface area contributed by atoms with Crippen LogP contribution in [0, 0.1) is 13.8 Å². The van der Waals surface area contributed by atoms with Crippen LogP contribution in [-0.2, 0) is 6.54 Å². The summed E-state index contributed by atoms with van der Waals surface area (Å²) in [6.45, 7) is 10.3. The smallest absolute Gasteiger partial charge is 0.227 e. The van der Waals surface area contributed by atoms with Gasteiger partial charge in [-0.05, 0) is 58.0 Å². The third-order valence-electron chi connectivity index (χ3n) is 4.82. The first-order chi connectivity index (χ1) is 14.0. The lowest BCUT2D eigenvalue weighted by molar-refractivity contribution is 0.122. The van der Waals surface area contributed by atoms with Gasteiger partial charge < -0.3 is 9.84 Å². The van der Waals surface area contributed by atoms with Gasteiger partial charge in [-0.3, -0.25) is 4.90 Å². The molecule has 0 aliphatic heterocycles. The van der Waals surface area contributed by atoms with E-state index < -0.39 is 0 Å². The van der Waals surface area contributed by atoms with Crippen LogP contribution < -0.4 is 4.74 Å². The van der Waals surface area contributed by atoms with E-state index in [1.54, 1.807) is 0 Å². The minimum Gasteiger partial charge on any atom is -0.439 e. The summed E-state index contributed by atoms with van der Waals surface area (Å²) in [5.41, 5.74) is 4.13. The second-order valence-electron chi connectivity index (χ2n) is 7.62. The Bertz CT molecular complexity index is 902. The minimum absolute atomic E-state index is 0.382. The standard InChI is InChI=1S/C24H31N3O2/c1-5-15-26(16-19(3)28)17-23-20(4)25-27(21-9-7-6-8-10-21)24(23)29-22-13-11-18(2)12-14-22/h6-14,19,28H,5,15-17H2,1-4H3/t19-/m0/s1. The first kappa shape index (κ1) is 21.1. The number of aliphatic hydroxyl groups is 1. The Morgan fingerprint density at radius 3 is 2.38 bits per heavy atom. The number of hydrogen-bond donors (Lipinski definition) is 1. The van der Waals surface area contributed by atoms with Crippen LogP contribution in [0.15, 0.2) is 54.6 Å². The lowest BCUT2D eigenvalue weighted by Crippen LogP contribution is -2.31. The number of hydrogen-bond acceptors (Lipinski definition) is 4. The molecule has 0 fully saturated rings. The number of aromatic nitrogens is 2. The van der Waals surface area contributed by atoms with Gasteiger partial charge in [0.2, 0.25) is 5.88 Å². The summed E-state index contributed by atoms with van der Waals surface area (Å²) in [6, 6.07) is 18.1. The minimum atomic E-state index is -0.382. The van der Waals surface area contributed by atoms with Gasteiger partial charge in [0, 0.05) is 13.1 Å². The Labute approximate surface area is 173 Å². The highest BCUT2D eigenvalue weighted by molar-refractivity contribution is 5.43. The molecule has 154 valence electrons. The predicted molar refractivity (Wildman–Crippen MR) is 117 cm³/mol. The molecule has 5 nitrogen and oxygen atoms in total. The van der Waals surface area contributed by atoms with Crippen LogP contribution >= 0.6 is 0 Å². The van der Waals surface area contributed by atoms with Crippen molar-refractivity contribution in [2.45, 2.75) is 46.8 Å². The summed E-state index contributed by atoms with van der Waals surface area (Å²) in [7, 11) is 0. The zero-order valence-corrected chi connectivity index (χ0v) is 17.8. The Kier molecular flexibility index (Phi) is 7.07. The van der Waals surface area contributed by atoms with Crippen molar-refractivity contribution in [2.24, 2.45) is 0 Å². The van der Waals surface area contributed by atoms with E-state index >= 15 is 0 Å². The highest BCUT2D eigenvalue weighted by atomic mass is 16.5. The van der Waals surface area contributed by atoms with Gasteiger partial charge in [0.25, 0.3) is 0 Å². The van der Waals surface area contributed by atoms with Gasteiger partial charge in [0.1, 0.15) is 5.75 Å². The maximum Gasteiger partial charge on any atom is 0.227 e. The molecule has 0 amide bonds. The van der Waals surface area contributed by atoms with Gasteiger partial charge in [0.15, 0.2) is 0 Å². The van der Waals surface area contributed by atoms with Crippen molar-refractivity contribution in [2.75, 3.05) is 13.1 Å². The van der Waals surface area contributed by atoms with Crippen molar-refractivity contribution in [1.29, 1.82) is 0 Å². The summed E-state index contributed by atoms with van der Waals surface area (Å²) in [5.74, 6) is 1.51. The van der Waals surface area contributed by atoms with Crippen LogP contribution in [0.5, 0.6) is 11.6 Å². The summed E-state index contributed by atoms with van der Waals surface area (Å²) in [5, 5.41) is 14.7. The van der Waals surface area contributed by atoms with Gasteiger partial charge in [-0.25, -0.2) is 4.68 Å². The third kappa shape index (κ3) is 5.46. The highest BCUT2D eigenvalue weighted by Gasteiger charge is 2.21. The number of para-hydroxylation sites is 1. The normalized spacial score (nSPS) is 12.3. The predicted octanol–water partition coefficient (Wildman–Crippen LogP) is 4.87. The van der Waals surface area contributed by atoms with E-state index in [4.69, 9.17) is 9.84 Å². The van der Waals surface area contributed by atoms with Gasteiger partial charge in [-0.2, -0.15) is 5.10 Å². The summed E-state index contributed by atoms with van der Waals surface area (Å²) in [4.78, 5) is 2.26. The van der Waals surface area contributed by atoms with Crippen LogP contribution in [-0.4, -0.2) is 39.0 Å². The summed E-state index contributed by atoms with van der Waals surface area (Å²) >= 11 is 0. The second-order valence-corrected chi connectivity index (χ2v) is 7.62. The molecule has 0 spiro atoms. The number of aryl methyl sites for hydroxylation is 2. The Morgan fingerprint density at radius 2 is 1.76 bits per heavy atom. The van der Waals surface area contributed by atoms with Crippen LogP contribution in [0.3, 0.4) is 0 Å². The fourth-order valence-corrected chi connectivity index (χ4v) is 3.44. The van der Waals surface area contributed by atoms with Crippen LogP contribution in [0.25, 0.3) is 5.69 Å². The second kappa shape index (κ2) is 9.72. The first-order valence-electron chi connectivity index (χ1n) is 10.3. The average molecular weight is 394 g/mol.